The largest absolute Gasteiger partial charge is 0.396 e. The molecule has 5 heteroatoms. The third-order valence-electron chi connectivity index (χ3n) is 4.99. The molecule has 2 aromatic carbocycles. The molecule has 0 spiro atoms. The van der Waals surface area contributed by atoms with Gasteiger partial charge in [0.15, 0.2) is 0 Å². The lowest BCUT2D eigenvalue weighted by molar-refractivity contribution is 0.248. The first-order valence-corrected chi connectivity index (χ1v) is 10.6. The number of anilines is 1. The van der Waals surface area contributed by atoms with Gasteiger partial charge in [0.2, 0.25) is 0 Å². The Labute approximate surface area is 173 Å². The maximum atomic E-state index is 9.63. The first kappa shape index (κ1) is 22.3. The third kappa shape index (κ3) is 5.51. The molecule has 28 heavy (non-hydrogen) atoms. The molecule has 0 radical (unpaired) electrons. The van der Waals surface area contributed by atoms with Crippen LogP contribution in [0.25, 0.3) is 16.3 Å². The molecule has 0 heterocycles. The summed E-state index contributed by atoms with van der Waals surface area (Å²) in [6.45, 7) is 12.5. The lowest BCUT2D eigenvalue weighted by atomic mass is 10.0. The van der Waals surface area contributed by atoms with Gasteiger partial charge >= 0.3 is 0 Å². The number of benzene rings is 2. The van der Waals surface area contributed by atoms with E-state index in [4.69, 9.17) is 5.11 Å². The van der Waals surface area contributed by atoms with Gasteiger partial charge in [-0.25, -0.2) is 0 Å². The molecule has 4 nitrogen and oxygen atoms in total. The molecule has 0 saturated carbocycles. The molecule has 0 saturated heterocycles. The lowest BCUT2D eigenvalue weighted by Crippen LogP contribution is -2.35. The van der Waals surface area contributed by atoms with Crippen molar-refractivity contribution in [2.75, 3.05) is 24.6 Å². The van der Waals surface area contributed by atoms with Crippen LogP contribution in [0.1, 0.15) is 46.6 Å². The van der Waals surface area contributed by atoms with Crippen LogP contribution >= 0.6 is 11.9 Å². The Kier molecular flexibility index (Phi) is 7.94. The first-order chi connectivity index (χ1) is 13.3. The number of rotatable bonds is 9. The van der Waals surface area contributed by atoms with Crippen LogP contribution in [0.15, 0.2) is 41.3 Å². The Morgan fingerprint density at radius 1 is 1.14 bits per heavy atom. The summed E-state index contributed by atoms with van der Waals surface area (Å²) in [5, 5.41) is 21.2. The summed E-state index contributed by atoms with van der Waals surface area (Å²) in [6.07, 6.45) is 0.628. The van der Waals surface area contributed by atoms with Crippen LogP contribution in [-0.2, 0) is 0 Å². The highest BCUT2D eigenvalue weighted by Crippen LogP contribution is 2.30. The van der Waals surface area contributed by atoms with E-state index < -0.39 is 0 Å². The van der Waals surface area contributed by atoms with Gasteiger partial charge in [0.25, 0.3) is 0 Å². The minimum Gasteiger partial charge on any atom is -0.396 e. The lowest BCUT2D eigenvalue weighted by Gasteiger charge is -2.24. The van der Waals surface area contributed by atoms with Crippen molar-refractivity contribution in [1.29, 1.82) is 5.26 Å². The maximum Gasteiger partial charge on any atom is 0.108 e. The zero-order valence-electron chi connectivity index (χ0n) is 17.5. The van der Waals surface area contributed by atoms with Crippen LogP contribution in [-0.4, -0.2) is 30.3 Å². The van der Waals surface area contributed by atoms with E-state index in [0.717, 1.165) is 24.2 Å². The van der Waals surface area contributed by atoms with Gasteiger partial charge in [-0.1, -0.05) is 18.2 Å². The van der Waals surface area contributed by atoms with Gasteiger partial charge in [0, 0.05) is 30.9 Å². The Hall–Kier alpha value is -2.00. The van der Waals surface area contributed by atoms with Crippen LogP contribution in [0, 0.1) is 11.3 Å². The molecule has 0 amide bonds. The maximum absolute atomic E-state index is 9.63. The van der Waals surface area contributed by atoms with E-state index in [1.807, 2.05) is 20.8 Å². The van der Waals surface area contributed by atoms with Gasteiger partial charge in [0.1, 0.15) is 11.0 Å². The molecule has 0 aliphatic rings. The second-order valence-electron chi connectivity index (χ2n) is 7.55. The molecule has 0 aliphatic heterocycles. The van der Waals surface area contributed by atoms with Gasteiger partial charge in [0.05, 0.1) is 0 Å². The van der Waals surface area contributed by atoms with E-state index in [9.17, 15) is 5.26 Å². The number of aliphatic hydroxyl groups excluding tert-OH is 1. The average molecular weight is 398 g/mol. The molecule has 150 valence electrons. The van der Waals surface area contributed by atoms with Crippen LogP contribution in [0.3, 0.4) is 0 Å². The van der Waals surface area contributed by atoms with Crippen molar-refractivity contribution >= 4 is 34.0 Å². The fraction of sp³-hybridized carbons (Fsp3) is 0.435. The molecule has 0 fully saturated rings. The second-order valence-corrected chi connectivity index (χ2v) is 8.36. The van der Waals surface area contributed by atoms with Crippen LogP contribution < -0.4 is 9.62 Å². The van der Waals surface area contributed by atoms with Crippen LogP contribution in [0.2, 0.25) is 0 Å². The highest BCUT2D eigenvalue weighted by Gasteiger charge is 2.18. The van der Waals surface area contributed by atoms with Crippen molar-refractivity contribution in [1.82, 2.24) is 4.72 Å². The summed E-state index contributed by atoms with van der Waals surface area (Å²) in [6, 6.07) is 15.2. The van der Waals surface area contributed by atoms with Crippen molar-refractivity contribution < 1.29 is 5.11 Å². The highest BCUT2D eigenvalue weighted by molar-refractivity contribution is 8.01. The summed E-state index contributed by atoms with van der Waals surface area (Å²) in [7, 11) is 0. The van der Waals surface area contributed by atoms with Crippen molar-refractivity contribution in [3.8, 4) is 6.07 Å². The number of nitrogens with zero attached hydrogens (tertiary/aromatic N) is 2. The van der Waals surface area contributed by atoms with Crippen molar-refractivity contribution in [2.45, 2.75) is 46.6 Å². The quantitative estimate of drug-likeness (QED) is 0.442. The zero-order chi connectivity index (χ0) is 20.7. The standard InChI is InChI=1S/C23H31N3OS/c1-6-26(7-2)21-11-10-19-14-18(8-9-20(19)15-21)17(3)22(16-24)28-25-23(4,5)12-13-27/h8-11,14-15,25,27H,6-7,12-13H2,1-5H3/b22-17+. The smallest absolute Gasteiger partial charge is 0.108 e. The number of allylic oxidation sites excluding steroid dienone is 2. The van der Waals surface area contributed by atoms with Crippen LogP contribution in [0.4, 0.5) is 5.69 Å². The summed E-state index contributed by atoms with van der Waals surface area (Å²) >= 11 is 1.34. The molecule has 0 atom stereocenters. The van der Waals surface area contributed by atoms with Gasteiger partial charge < -0.3 is 10.0 Å². The fourth-order valence-electron chi connectivity index (χ4n) is 3.09. The molecule has 0 aliphatic carbocycles. The summed E-state index contributed by atoms with van der Waals surface area (Å²) in [5.41, 5.74) is 3.00. The Bertz CT molecular complexity index is 879. The van der Waals surface area contributed by atoms with Crippen molar-refractivity contribution in [2.24, 2.45) is 0 Å². The molecule has 2 aromatic rings. The van der Waals surface area contributed by atoms with E-state index >= 15 is 0 Å². The predicted octanol–water partition coefficient (Wildman–Crippen LogP) is 5.34. The van der Waals surface area contributed by atoms with E-state index in [1.165, 1.54) is 28.4 Å². The number of hydrogen-bond donors (Lipinski definition) is 2. The van der Waals surface area contributed by atoms with Gasteiger partial charge in [-0.3, -0.25) is 4.72 Å². The Morgan fingerprint density at radius 2 is 1.79 bits per heavy atom. The van der Waals surface area contributed by atoms with Gasteiger partial charge in [-0.05, 0) is 93.1 Å². The Morgan fingerprint density at radius 3 is 2.39 bits per heavy atom. The fourth-order valence-corrected chi connectivity index (χ4v) is 3.88. The minimum atomic E-state index is -0.244. The monoisotopic (exact) mass is 397 g/mol. The number of nitrogens with one attached hydrogen (secondary N) is 1. The predicted molar refractivity (Wildman–Crippen MR) is 122 cm³/mol. The molecule has 2 N–H and O–H groups in total. The summed E-state index contributed by atoms with van der Waals surface area (Å²) in [5.74, 6) is 0. The van der Waals surface area contributed by atoms with E-state index in [0.29, 0.717) is 11.3 Å². The molecular formula is C23H31N3OS. The van der Waals surface area contributed by atoms with Crippen LogP contribution in [0.5, 0.6) is 0 Å². The summed E-state index contributed by atoms with van der Waals surface area (Å²) in [4.78, 5) is 2.98. The number of aliphatic hydroxyl groups is 1. The topological polar surface area (TPSA) is 59.3 Å². The Balaban J connectivity index is 2.30. The molecule has 0 aromatic heterocycles. The van der Waals surface area contributed by atoms with Gasteiger partial charge in [-0.2, -0.15) is 5.26 Å². The zero-order valence-corrected chi connectivity index (χ0v) is 18.4. The minimum absolute atomic E-state index is 0.116. The second kappa shape index (κ2) is 9.97. The van der Waals surface area contributed by atoms with E-state index in [2.05, 4.69) is 65.9 Å². The highest BCUT2D eigenvalue weighted by atomic mass is 32.2. The number of nitriles is 1. The van der Waals surface area contributed by atoms with Crippen molar-refractivity contribution in [3.63, 3.8) is 0 Å². The molecular weight excluding hydrogens is 366 g/mol. The van der Waals surface area contributed by atoms with E-state index in [-0.39, 0.29) is 12.1 Å². The van der Waals surface area contributed by atoms with E-state index in [1.54, 1.807) is 0 Å². The normalized spacial score (nSPS) is 12.6. The SMILES string of the molecule is CCN(CC)c1ccc2cc(/C(C)=C(\C#N)SNC(C)(C)CCO)ccc2c1. The van der Waals surface area contributed by atoms with Gasteiger partial charge in [-0.15, -0.1) is 0 Å². The number of fused-ring (bicyclic) bond motifs is 1. The number of hydrogen-bond acceptors (Lipinski definition) is 5. The molecule has 2 rings (SSSR count). The third-order valence-corrected chi connectivity index (χ3v) is 6.25. The molecule has 0 bridgehead atoms. The molecule has 0 unspecified atom stereocenters. The summed E-state index contributed by atoms with van der Waals surface area (Å²) < 4.78 is 3.30. The first-order valence-electron chi connectivity index (χ1n) is 9.80. The van der Waals surface area contributed by atoms with Crippen molar-refractivity contribution in [3.05, 3.63) is 46.9 Å². The average Bonchev–Trinajstić information content (AvgIpc) is 2.68.